The molecule has 0 fully saturated rings. The standard InChI is InChI=1S/C20H20N6O3S/c1-13-10-17(24-26(13)12-14-4-9-18(21-2)22-11-14)20-23-19(25-29-20)15-5-7-16(8-6-15)30(3,27)28/h4-11H,12H2,1-3H3,(H,21,22). The number of sulfone groups is 1. The molecule has 154 valence electrons. The molecule has 0 radical (unpaired) electrons. The molecular formula is C20H20N6O3S. The molecule has 0 saturated heterocycles. The average Bonchev–Trinajstić information content (AvgIpc) is 3.35. The molecule has 3 aromatic heterocycles. The summed E-state index contributed by atoms with van der Waals surface area (Å²) < 4.78 is 30.4. The van der Waals surface area contributed by atoms with Crippen LogP contribution in [0.1, 0.15) is 11.3 Å². The molecule has 0 aliphatic heterocycles. The number of aromatic nitrogens is 5. The minimum Gasteiger partial charge on any atom is -0.373 e. The van der Waals surface area contributed by atoms with Gasteiger partial charge in [-0.1, -0.05) is 11.2 Å². The fourth-order valence-corrected chi connectivity index (χ4v) is 3.54. The average molecular weight is 424 g/mol. The molecule has 0 unspecified atom stereocenters. The Morgan fingerprint density at radius 2 is 1.90 bits per heavy atom. The summed E-state index contributed by atoms with van der Waals surface area (Å²) in [5.41, 5.74) is 3.19. The molecule has 0 amide bonds. The van der Waals surface area contributed by atoms with Crippen LogP contribution in [0.2, 0.25) is 0 Å². The van der Waals surface area contributed by atoms with Gasteiger partial charge in [0.05, 0.1) is 11.4 Å². The second-order valence-corrected chi connectivity index (χ2v) is 8.87. The third-order valence-electron chi connectivity index (χ3n) is 4.58. The largest absolute Gasteiger partial charge is 0.373 e. The highest BCUT2D eigenvalue weighted by Gasteiger charge is 2.16. The minimum atomic E-state index is -3.26. The molecular weight excluding hydrogens is 404 g/mol. The second kappa shape index (κ2) is 7.71. The van der Waals surface area contributed by atoms with E-state index in [0.717, 1.165) is 23.3 Å². The van der Waals surface area contributed by atoms with E-state index < -0.39 is 9.84 Å². The van der Waals surface area contributed by atoms with Gasteiger partial charge in [-0.2, -0.15) is 10.1 Å². The first kappa shape index (κ1) is 19.8. The Morgan fingerprint density at radius 3 is 2.53 bits per heavy atom. The molecule has 0 aliphatic rings. The van der Waals surface area contributed by atoms with E-state index in [2.05, 4.69) is 25.5 Å². The number of hydrogen-bond donors (Lipinski definition) is 1. The molecule has 4 aromatic rings. The van der Waals surface area contributed by atoms with Crippen molar-refractivity contribution in [3.8, 4) is 23.0 Å². The van der Waals surface area contributed by atoms with Crippen LogP contribution >= 0.6 is 0 Å². The molecule has 10 heteroatoms. The van der Waals surface area contributed by atoms with Gasteiger partial charge in [-0.15, -0.1) is 0 Å². The monoisotopic (exact) mass is 424 g/mol. The third-order valence-corrected chi connectivity index (χ3v) is 5.71. The van der Waals surface area contributed by atoms with E-state index in [9.17, 15) is 8.42 Å². The van der Waals surface area contributed by atoms with Crippen molar-refractivity contribution in [2.24, 2.45) is 0 Å². The van der Waals surface area contributed by atoms with Crippen LogP contribution in [0.4, 0.5) is 5.82 Å². The van der Waals surface area contributed by atoms with Gasteiger partial charge in [-0.3, -0.25) is 4.68 Å². The summed E-state index contributed by atoms with van der Waals surface area (Å²) in [6.07, 6.45) is 2.97. The van der Waals surface area contributed by atoms with E-state index in [1.54, 1.807) is 18.3 Å². The quantitative estimate of drug-likeness (QED) is 0.502. The van der Waals surface area contributed by atoms with Gasteiger partial charge in [-0.25, -0.2) is 13.4 Å². The zero-order valence-corrected chi connectivity index (χ0v) is 17.5. The maximum Gasteiger partial charge on any atom is 0.278 e. The number of aryl methyl sites for hydroxylation is 1. The summed E-state index contributed by atoms with van der Waals surface area (Å²) in [4.78, 5) is 8.96. The lowest BCUT2D eigenvalue weighted by Gasteiger charge is -2.05. The van der Waals surface area contributed by atoms with Crippen LogP contribution in [-0.2, 0) is 16.4 Å². The number of pyridine rings is 1. The van der Waals surface area contributed by atoms with Crippen LogP contribution in [-0.4, -0.2) is 46.6 Å². The number of rotatable bonds is 6. The molecule has 9 nitrogen and oxygen atoms in total. The predicted molar refractivity (Wildman–Crippen MR) is 112 cm³/mol. The summed E-state index contributed by atoms with van der Waals surface area (Å²) in [5.74, 6) is 1.46. The Bertz CT molecular complexity index is 1280. The normalized spacial score (nSPS) is 11.6. The van der Waals surface area contributed by atoms with Crippen molar-refractivity contribution in [1.29, 1.82) is 0 Å². The molecule has 4 rings (SSSR count). The predicted octanol–water partition coefficient (Wildman–Crippen LogP) is 2.80. The Labute approximate surface area is 173 Å². The van der Waals surface area contributed by atoms with Gasteiger partial charge in [-0.05, 0) is 48.9 Å². The number of nitrogens with zero attached hydrogens (tertiary/aromatic N) is 5. The van der Waals surface area contributed by atoms with E-state index in [0.29, 0.717) is 29.5 Å². The van der Waals surface area contributed by atoms with Crippen LogP contribution in [0.5, 0.6) is 0 Å². The smallest absolute Gasteiger partial charge is 0.278 e. The molecule has 0 atom stereocenters. The van der Waals surface area contributed by atoms with Crippen molar-refractivity contribution in [3.63, 3.8) is 0 Å². The van der Waals surface area contributed by atoms with Crippen molar-refractivity contribution in [2.75, 3.05) is 18.6 Å². The highest BCUT2D eigenvalue weighted by atomic mass is 32.2. The van der Waals surface area contributed by atoms with Gasteiger partial charge in [0.15, 0.2) is 15.5 Å². The van der Waals surface area contributed by atoms with E-state index in [1.807, 2.05) is 36.9 Å². The van der Waals surface area contributed by atoms with E-state index in [4.69, 9.17) is 4.52 Å². The molecule has 0 bridgehead atoms. The van der Waals surface area contributed by atoms with E-state index >= 15 is 0 Å². The van der Waals surface area contributed by atoms with Crippen LogP contribution in [0.3, 0.4) is 0 Å². The summed E-state index contributed by atoms with van der Waals surface area (Å²) >= 11 is 0. The lowest BCUT2D eigenvalue weighted by atomic mass is 10.2. The van der Waals surface area contributed by atoms with Gasteiger partial charge in [0.25, 0.3) is 5.89 Å². The van der Waals surface area contributed by atoms with Crippen LogP contribution < -0.4 is 5.32 Å². The minimum absolute atomic E-state index is 0.238. The fraction of sp³-hybridized carbons (Fsp3) is 0.200. The fourth-order valence-electron chi connectivity index (χ4n) is 2.91. The van der Waals surface area contributed by atoms with Crippen LogP contribution in [0.15, 0.2) is 58.1 Å². The molecule has 0 spiro atoms. The summed E-state index contributed by atoms with van der Waals surface area (Å²) in [5, 5.41) is 11.6. The summed E-state index contributed by atoms with van der Waals surface area (Å²) in [6.45, 7) is 2.52. The number of nitrogens with one attached hydrogen (secondary N) is 1. The molecule has 30 heavy (non-hydrogen) atoms. The first-order chi connectivity index (χ1) is 14.3. The maximum atomic E-state index is 11.6. The third kappa shape index (κ3) is 4.08. The maximum absolute atomic E-state index is 11.6. The second-order valence-electron chi connectivity index (χ2n) is 6.85. The number of hydrogen-bond acceptors (Lipinski definition) is 8. The molecule has 0 saturated carbocycles. The molecule has 1 N–H and O–H groups in total. The Hall–Kier alpha value is -3.53. The van der Waals surface area contributed by atoms with Crippen molar-refractivity contribution < 1.29 is 12.9 Å². The molecule has 1 aromatic carbocycles. The SMILES string of the molecule is CNc1ccc(Cn2nc(-c3nc(-c4ccc(S(C)(=O)=O)cc4)no3)cc2C)cn1. The lowest BCUT2D eigenvalue weighted by Crippen LogP contribution is -2.04. The highest BCUT2D eigenvalue weighted by Crippen LogP contribution is 2.23. The van der Waals surface area contributed by atoms with Gasteiger partial charge in [0.2, 0.25) is 5.82 Å². The van der Waals surface area contributed by atoms with Crippen molar-refractivity contribution in [1.82, 2.24) is 24.9 Å². The summed E-state index contributed by atoms with van der Waals surface area (Å²) in [6, 6.07) is 12.1. The molecule has 0 aliphatic carbocycles. The first-order valence-corrected chi connectivity index (χ1v) is 11.0. The Balaban J connectivity index is 1.55. The van der Waals surface area contributed by atoms with Gasteiger partial charge < -0.3 is 9.84 Å². The van der Waals surface area contributed by atoms with Crippen molar-refractivity contribution >= 4 is 15.7 Å². The zero-order chi connectivity index (χ0) is 21.3. The number of benzene rings is 1. The highest BCUT2D eigenvalue weighted by molar-refractivity contribution is 7.90. The topological polar surface area (TPSA) is 116 Å². The van der Waals surface area contributed by atoms with Crippen LogP contribution in [0.25, 0.3) is 23.0 Å². The lowest BCUT2D eigenvalue weighted by molar-refractivity contribution is 0.430. The van der Waals surface area contributed by atoms with Gasteiger partial charge >= 0.3 is 0 Å². The molecule has 3 heterocycles. The van der Waals surface area contributed by atoms with Crippen molar-refractivity contribution in [2.45, 2.75) is 18.4 Å². The van der Waals surface area contributed by atoms with Gasteiger partial charge in [0.1, 0.15) is 5.82 Å². The zero-order valence-electron chi connectivity index (χ0n) is 16.7. The first-order valence-electron chi connectivity index (χ1n) is 9.15. The van der Waals surface area contributed by atoms with Gasteiger partial charge in [0, 0.05) is 30.8 Å². The summed E-state index contributed by atoms with van der Waals surface area (Å²) in [7, 11) is -1.43. The van der Waals surface area contributed by atoms with Crippen molar-refractivity contribution in [3.05, 3.63) is 59.9 Å². The van der Waals surface area contributed by atoms with Crippen LogP contribution in [0, 0.1) is 6.92 Å². The Morgan fingerprint density at radius 1 is 1.13 bits per heavy atom. The van der Waals surface area contributed by atoms with E-state index in [1.165, 1.54) is 12.1 Å². The Kier molecular flexibility index (Phi) is 5.08. The number of anilines is 1. The van der Waals surface area contributed by atoms with E-state index in [-0.39, 0.29) is 4.90 Å².